The topological polar surface area (TPSA) is 91.5 Å². The summed E-state index contributed by atoms with van der Waals surface area (Å²) < 4.78 is 16.0. The van der Waals surface area contributed by atoms with Crippen LogP contribution in [0.15, 0.2) is 6.20 Å². The maximum Gasteiger partial charge on any atom is 0.240 e. The molecule has 0 aliphatic heterocycles. The van der Waals surface area contributed by atoms with E-state index < -0.39 is 0 Å². The molecule has 1 saturated carbocycles. The Hall–Kier alpha value is -1.44. The van der Waals surface area contributed by atoms with Crippen molar-refractivity contribution in [1.29, 1.82) is 0 Å². The molecule has 1 heterocycles. The number of hydrogen-bond acceptors (Lipinski definition) is 7. The lowest BCUT2D eigenvalue weighted by atomic mass is 9.75. The highest BCUT2D eigenvalue weighted by Crippen LogP contribution is 2.42. The summed E-state index contributed by atoms with van der Waals surface area (Å²) in [7, 11) is 4.83. The molecule has 7 nitrogen and oxygen atoms in total. The summed E-state index contributed by atoms with van der Waals surface area (Å²) in [4.78, 5) is 8.59. The van der Waals surface area contributed by atoms with Crippen LogP contribution >= 0.6 is 0 Å². The van der Waals surface area contributed by atoms with Crippen LogP contribution in [0.25, 0.3) is 0 Å². The zero-order valence-corrected chi connectivity index (χ0v) is 12.2. The van der Waals surface area contributed by atoms with Gasteiger partial charge in [0.25, 0.3) is 0 Å². The van der Waals surface area contributed by atoms with Gasteiger partial charge in [-0.3, -0.25) is 11.3 Å². The van der Waals surface area contributed by atoms with E-state index in [-0.39, 0.29) is 11.6 Å². The molecule has 1 unspecified atom stereocenters. The number of aromatic nitrogens is 2. The molecule has 1 fully saturated rings. The van der Waals surface area contributed by atoms with Gasteiger partial charge in [0.15, 0.2) is 0 Å². The molecule has 112 valence electrons. The van der Waals surface area contributed by atoms with Crippen molar-refractivity contribution in [2.24, 2.45) is 5.84 Å². The molecular formula is C13H22N4O3. The van der Waals surface area contributed by atoms with E-state index in [4.69, 9.17) is 20.1 Å². The predicted molar refractivity (Wildman–Crippen MR) is 73.4 cm³/mol. The molecule has 0 spiro atoms. The fraction of sp³-hybridized carbons (Fsp3) is 0.692. The predicted octanol–water partition coefficient (Wildman–Crippen LogP) is 0.957. The molecule has 0 aromatic carbocycles. The lowest BCUT2D eigenvalue weighted by molar-refractivity contribution is -0.0842. The van der Waals surface area contributed by atoms with Gasteiger partial charge in [0.1, 0.15) is 5.69 Å². The highest BCUT2D eigenvalue weighted by molar-refractivity contribution is 5.26. The first kappa shape index (κ1) is 15.0. The molecule has 1 aromatic rings. The normalized spacial score (nSPS) is 18.2. The minimum atomic E-state index is -0.177. The first-order valence-electron chi connectivity index (χ1n) is 6.64. The number of methoxy groups -OCH3 is 3. The van der Waals surface area contributed by atoms with Crippen LogP contribution < -0.4 is 20.7 Å². The fourth-order valence-electron chi connectivity index (χ4n) is 2.52. The third-order valence-corrected chi connectivity index (χ3v) is 3.95. The first-order valence-corrected chi connectivity index (χ1v) is 6.64. The third kappa shape index (κ3) is 2.84. The summed E-state index contributed by atoms with van der Waals surface area (Å²) in [5, 5.41) is 0. The lowest BCUT2D eigenvalue weighted by Gasteiger charge is -2.42. The largest absolute Gasteiger partial charge is 0.480 e. The van der Waals surface area contributed by atoms with Gasteiger partial charge >= 0.3 is 0 Å². The highest BCUT2D eigenvalue weighted by atomic mass is 16.5. The van der Waals surface area contributed by atoms with Crippen LogP contribution in [0.2, 0.25) is 0 Å². The molecule has 7 heteroatoms. The average molecular weight is 282 g/mol. The summed E-state index contributed by atoms with van der Waals surface area (Å²) in [5.74, 6) is 6.50. The number of nitrogens with zero attached hydrogens (tertiary/aromatic N) is 2. The Morgan fingerprint density at radius 3 is 2.55 bits per heavy atom. The maximum atomic E-state index is 5.68. The number of nitrogens with two attached hydrogens (primary N) is 1. The van der Waals surface area contributed by atoms with E-state index >= 15 is 0 Å². The van der Waals surface area contributed by atoms with Crippen LogP contribution in [-0.2, 0) is 4.74 Å². The van der Waals surface area contributed by atoms with Crippen molar-refractivity contribution in [2.75, 3.05) is 21.3 Å². The third-order valence-electron chi connectivity index (χ3n) is 3.95. The Kier molecular flexibility index (Phi) is 4.74. The van der Waals surface area contributed by atoms with Gasteiger partial charge in [0, 0.05) is 7.11 Å². The molecule has 1 aliphatic carbocycles. The van der Waals surface area contributed by atoms with Crippen molar-refractivity contribution in [1.82, 2.24) is 15.4 Å². The van der Waals surface area contributed by atoms with Crippen molar-refractivity contribution in [3.63, 3.8) is 0 Å². The van der Waals surface area contributed by atoms with Gasteiger partial charge in [-0.1, -0.05) is 0 Å². The van der Waals surface area contributed by atoms with Crippen molar-refractivity contribution in [2.45, 2.75) is 37.3 Å². The second-order valence-electron chi connectivity index (χ2n) is 4.97. The molecular weight excluding hydrogens is 260 g/mol. The Balaban J connectivity index is 2.22. The molecule has 2 rings (SSSR count). The Morgan fingerprint density at radius 2 is 2.10 bits per heavy atom. The van der Waals surface area contributed by atoms with Gasteiger partial charge in [-0.15, -0.1) is 0 Å². The zero-order chi connectivity index (χ0) is 14.6. The fourth-order valence-corrected chi connectivity index (χ4v) is 2.52. The van der Waals surface area contributed by atoms with E-state index in [1.165, 1.54) is 13.5 Å². The molecule has 1 atom stereocenters. The standard InChI is InChI=1S/C13H22N4O3/c1-18-10-8-15-11(12(16-10)19-2)9(17-14)7-13(20-3)5-4-6-13/h8-9,17H,4-7,14H2,1-3H3. The van der Waals surface area contributed by atoms with Gasteiger partial charge in [-0.25, -0.2) is 4.98 Å². The van der Waals surface area contributed by atoms with Crippen molar-refractivity contribution in [3.8, 4) is 11.8 Å². The smallest absolute Gasteiger partial charge is 0.240 e. The monoisotopic (exact) mass is 282 g/mol. The number of rotatable bonds is 7. The Bertz CT molecular complexity index is 446. The second-order valence-corrected chi connectivity index (χ2v) is 4.97. The van der Waals surface area contributed by atoms with Gasteiger partial charge in [-0.2, -0.15) is 4.98 Å². The summed E-state index contributed by atoms with van der Waals surface area (Å²) in [6.07, 6.45) is 5.54. The van der Waals surface area contributed by atoms with E-state index in [1.807, 2.05) is 0 Å². The SMILES string of the molecule is COc1cnc(C(CC2(OC)CCC2)NN)c(OC)n1. The molecule has 3 N–H and O–H groups in total. The number of ether oxygens (including phenoxy) is 3. The number of hydrazine groups is 1. The molecule has 0 radical (unpaired) electrons. The van der Waals surface area contributed by atoms with Crippen LogP contribution in [0.5, 0.6) is 11.8 Å². The minimum Gasteiger partial charge on any atom is -0.480 e. The minimum absolute atomic E-state index is 0.121. The van der Waals surface area contributed by atoms with E-state index in [9.17, 15) is 0 Å². The van der Waals surface area contributed by atoms with Crippen molar-refractivity contribution in [3.05, 3.63) is 11.9 Å². The maximum absolute atomic E-state index is 5.68. The number of hydrogen-bond donors (Lipinski definition) is 2. The quantitative estimate of drug-likeness (QED) is 0.568. The average Bonchev–Trinajstić information content (AvgIpc) is 2.46. The van der Waals surface area contributed by atoms with Crippen LogP contribution in [0.3, 0.4) is 0 Å². The van der Waals surface area contributed by atoms with E-state index in [2.05, 4.69) is 15.4 Å². The van der Waals surface area contributed by atoms with Gasteiger partial charge in [-0.05, 0) is 25.7 Å². The Labute approximate surface area is 118 Å². The molecule has 0 saturated heterocycles. The van der Waals surface area contributed by atoms with Crippen molar-refractivity contribution < 1.29 is 14.2 Å². The summed E-state index contributed by atoms with van der Waals surface area (Å²) >= 11 is 0. The van der Waals surface area contributed by atoms with Crippen LogP contribution in [-0.4, -0.2) is 36.9 Å². The van der Waals surface area contributed by atoms with Gasteiger partial charge in [0.05, 0.1) is 32.1 Å². The number of nitrogens with one attached hydrogen (secondary N) is 1. The molecule has 0 amide bonds. The molecule has 0 bridgehead atoms. The molecule has 20 heavy (non-hydrogen) atoms. The summed E-state index contributed by atoms with van der Waals surface area (Å²) in [5.41, 5.74) is 3.33. The van der Waals surface area contributed by atoms with Crippen LogP contribution in [0, 0.1) is 0 Å². The molecule has 1 aromatic heterocycles. The zero-order valence-electron chi connectivity index (χ0n) is 12.2. The van der Waals surface area contributed by atoms with E-state index in [1.54, 1.807) is 20.4 Å². The Morgan fingerprint density at radius 1 is 1.35 bits per heavy atom. The summed E-state index contributed by atoms with van der Waals surface area (Å²) in [6, 6.07) is -0.177. The van der Waals surface area contributed by atoms with Gasteiger partial charge < -0.3 is 14.2 Å². The highest BCUT2D eigenvalue weighted by Gasteiger charge is 2.40. The van der Waals surface area contributed by atoms with E-state index in [0.717, 1.165) is 19.3 Å². The van der Waals surface area contributed by atoms with Crippen LogP contribution in [0.4, 0.5) is 0 Å². The second kappa shape index (κ2) is 6.34. The van der Waals surface area contributed by atoms with Gasteiger partial charge in [0.2, 0.25) is 11.8 Å². The summed E-state index contributed by atoms with van der Waals surface area (Å²) in [6.45, 7) is 0. The van der Waals surface area contributed by atoms with E-state index in [0.29, 0.717) is 17.5 Å². The first-order chi connectivity index (χ1) is 9.68. The van der Waals surface area contributed by atoms with Crippen LogP contribution in [0.1, 0.15) is 37.4 Å². The lowest BCUT2D eigenvalue weighted by Crippen LogP contribution is -2.44. The van der Waals surface area contributed by atoms with Crippen molar-refractivity contribution >= 4 is 0 Å². The molecule has 1 aliphatic rings.